The number of allylic oxidation sites excluding steroid dienone is 2. The van der Waals surface area contributed by atoms with E-state index in [2.05, 4.69) is 32.4 Å². The molecule has 4 aromatic rings. The van der Waals surface area contributed by atoms with Gasteiger partial charge in [-0.1, -0.05) is 72.5 Å². The van der Waals surface area contributed by atoms with E-state index in [1.165, 1.54) is 43.4 Å². The number of aliphatic imine (C=N–C) groups is 2. The predicted octanol–water partition coefficient (Wildman–Crippen LogP) is 5.42. The highest BCUT2D eigenvalue weighted by molar-refractivity contribution is 6.15. The van der Waals surface area contributed by atoms with Crippen molar-refractivity contribution in [3.8, 4) is 23.1 Å². The van der Waals surface area contributed by atoms with E-state index >= 15 is 4.39 Å². The minimum absolute atomic E-state index is 0.0112. The first-order valence-electron chi connectivity index (χ1n) is 21.2. The molecule has 5 amide bonds. The number of carbonyl (C=O) groups excluding carboxylic acids is 5. The highest BCUT2D eigenvalue weighted by Crippen LogP contribution is 2.32. The molecule has 1 aliphatic carbocycles. The van der Waals surface area contributed by atoms with Crippen LogP contribution in [0.1, 0.15) is 53.5 Å². The topological polar surface area (TPSA) is 200 Å². The number of carbonyl (C=O) groups is 5. The number of H-pyrrole nitrogens is 1. The number of nitrogens with one attached hydrogen (secondary N) is 3. The molecule has 0 saturated carbocycles. The molecule has 0 bridgehead atoms. The predicted molar refractivity (Wildman–Crippen MR) is 239 cm³/mol. The van der Waals surface area contributed by atoms with Gasteiger partial charge in [0.2, 0.25) is 0 Å². The maximum Gasteiger partial charge on any atom is 0.409 e. The minimum Gasteiger partial charge on any atom is -0.453 e. The van der Waals surface area contributed by atoms with Crippen molar-refractivity contribution in [2.45, 2.75) is 43.1 Å². The molecule has 18 heteroatoms. The first-order valence-corrected chi connectivity index (χ1v) is 21.2. The molecular weight excluding hydrogens is 850 g/mol. The van der Waals surface area contributed by atoms with Crippen LogP contribution < -0.4 is 10.6 Å². The van der Waals surface area contributed by atoms with E-state index in [1.54, 1.807) is 71.6 Å². The van der Waals surface area contributed by atoms with Crippen LogP contribution in [-0.4, -0.2) is 126 Å². The zero-order valence-corrected chi connectivity index (χ0v) is 36.3. The van der Waals surface area contributed by atoms with Gasteiger partial charge in [0.15, 0.2) is 0 Å². The van der Waals surface area contributed by atoms with E-state index in [-0.39, 0.29) is 43.0 Å². The lowest BCUT2D eigenvalue weighted by Gasteiger charge is -2.41. The Hall–Kier alpha value is -8.07. The van der Waals surface area contributed by atoms with Gasteiger partial charge in [0.25, 0.3) is 11.8 Å². The van der Waals surface area contributed by atoms with Gasteiger partial charge in [-0.15, -0.1) is 0 Å². The van der Waals surface area contributed by atoms with E-state index in [4.69, 9.17) is 24.2 Å². The zero-order valence-electron chi connectivity index (χ0n) is 36.3. The van der Waals surface area contributed by atoms with E-state index in [0.29, 0.717) is 52.5 Å². The van der Waals surface area contributed by atoms with E-state index in [1.807, 2.05) is 24.3 Å². The second-order valence-electron chi connectivity index (χ2n) is 15.7. The number of piperazine rings is 1. The SMILES string of the molecule is COC(=O)N[C@@H](C(=O)N1CCCC1C1=NC2C=C(C#Cc3ccc(-c4cnc(C5CN(C(=O)OC)CCN5C(=O)[C@H](NC(=O)OC)c5ccccc5)[nH]4)c(F)c3)C=CC2=N1)c1ccccc1. The van der Waals surface area contributed by atoms with Crippen LogP contribution in [0, 0.1) is 17.7 Å². The van der Waals surface area contributed by atoms with Crippen molar-refractivity contribution in [2.75, 3.05) is 47.5 Å². The summed E-state index contributed by atoms with van der Waals surface area (Å²) in [6.07, 6.45) is 6.28. The summed E-state index contributed by atoms with van der Waals surface area (Å²) in [5, 5.41) is 5.30. The summed E-state index contributed by atoms with van der Waals surface area (Å²) >= 11 is 0. The lowest BCUT2D eigenvalue weighted by Crippen LogP contribution is -2.55. The molecule has 5 atom stereocenters. The van der Waals surface area contributed by atoms with Crippen molar-refractivity contribution < 1.29 is 42.6 Å². The minimum atomic E-state index is -1.11. The molecule has 0 spiro atoms. The van der Waals surface area contributed by atoms with Crippen molar-refractivity contribution in [2.24, 2.45) is 9.98 Å². The Morgan fingerprint density at radius 1 is 0.788 bits per heavy atom. The van der Waals surface area contributed by atoms with Gasteiger partial charge in [0.1, 0.15) is 41.6 Å². The highest BCUT2D eigenvalue weighted by atomic mass is 19.1. The number of ether oxygens (including phenoxy) is 3. The number of hydrogen-bond acceptors (Lipinski definition) is 11. The molecule has 66 heavy (non-hydrogen) atoms. The summed E-state index contributed by atoms with van der Waals surface area (Å²) in [7, 11) is 3.72. The number of imidazole rings is 1. The lowest BCUT2D eigenvalue weighted by molar-refractivity contribution is -0.138. The molecule has 0 radical (unpaired) electrons. The highest BCUT2D eigenvalue weighted by Gasteiger charge is 2.41. The zero-order chi connectivity index (χ0) is 46.3. The number of amides is 5. The maximum atomic E-state index is 15.9. The summed E-state index contributed by atoms with van der Waals surface area (Å²) in [5.41, 5.74) is 3.46. The van der Waals surface area contributed by atoms with Crippen molar-refractivity contribution in [1.82, 2.24) is 35.3 Å². The Morgan fingerprint density at radius 2 is 1.44 bits per heavy atom. The molecule has 2 saturated heterocycles. The summed E-state index contributed by atoms with van der Waals surface area (Å²) in [4.78, 5) is 87.5. The van der Waals surface area contributed by atoms with Gasteiger partial charge in [-0.05, 0) is 60.4 Å². The van der Waals surface area contributed by atoms with Crippen LogP contribution >= 0.6 is 0 Å². The van der Waals surface area contributed by atoms with Gasteiger partial charge in [-0.25, -0.2) is 28.8 Å². The summed E-state index contributed by atoms with van der Waals surface area (Å²) in [6.45, 7) is 0.736. The molecule has 338 valence electrons. The normalized spacial score (nSPS) is 19.5. The number of fused-ring (bicyclic) bond motifs is 1. The van der Waals surface area contributed by atoms with Crippen molar-refractivity contribution in [1.29, 1.82) is 0 Å². The van der Waals surface area contributed by atoms with Crippen molar-refractivity contribution in [3.63, 3.8) is 0 Å². The van der Waals surface area contributed by atoms with Crippen LogP contribution in [0.3, 0.4) is 0 Å². The molecule has 3 unspecified atom stereocenters. The lowest BCUT2D eigenvalue weighted by atomic mass is 10.0. The number of aromatic nitrogens is 2. The monoisotopic (exact) mass is 895 g/mol. The van der Waals surface area contributed by atoms with E-state index in [0.717, 1.165) is 6.42 Å². The third kappa shape index (κ3) is 9.55. The van der Waals surface area contributed by atoms with Crippen LogP contribution in [0.2, 0.25) is 0 Å². The van der Waals surface area contributed by atoms with Crippen LogP contribution in [-0.2, 0) is 23.8 Å². The van der Waals surface area contributed by atoms with Crippen LogP contribution in [0.25, 0.3) is 11.3 Å². The fourth-order valence-corrected chi connectivity index (χ4v) is 8.36. The van der Waals surface area contributed by atoms with Gasteiger partial charge in [0, 0.05) is 36.3 Å². The number of aromatic amines is 1. The third-order valence-electron chi connectivity index (χ3n) is 11.7. The molecular formula is C48H46FN9O8. The molecule has 4 aliphatic rings. The quantitative estimate of drug-likeness (QED) is 0.145. The molecule has 3 aromatic carbocycles. The Morgan fingerprint density at radius 3 is 2.06 bits per heavy atom. The average molecular weight is 896 g/mol. The number of nitrogens with zero attached hydrogens (tertiary/aromatic N) is 6. The smallest absolute Gasteiger partial charge is 0.409 e. The first kappa shape index (κ1) is 44.5. The molecule has 8 rings (SSSR count). The maximum absolute atomic E-state index is 15.9. The van der Waals surface area contributed by atoms with Crippen molar-refractivity contribution in [3.05, 3.63) is 137 Å². The Bertz CT molecular complexity index is 2710. The second-order valence-corrected chi connectivity index (χ2v) is 15.7. The second kappa shape index (κ2) is 19.8. The summed E-state index contributed by atoms with van der Waals surface area (Å²) in [5.74, 6) is 5.63. The largest absolute Gasteiger partial charge is 0.453 e. The van der Waals surface area contributed by atoms with Crippen LogP contribution in [0.15, 0.2) is 119 Å². The van der Waals surface area contributed by atoms with Gasteiger partial charge in [0.05, 0.1) is 51.5 Å². The van der Waals surface area contributed by atoms with E-state index in [9.17, 15) is 24.0 Å². The Labute approximate surface area is 379 Å². The molecule has 1 aromatic heterocycles. The number of alkyl carbamates (subject to hydrolysis) is 2. The van der Waals surface area contributed by atoms with Gasteiger partial charge >= 0.3 is 18.3 Å². The number of amidine groups is 1. The van der Waals surface area contributed by atoms with Crippen LogP contribution in [0.4, 0.5) is 18.8 Å². The number of halogens is 1. The molecule has 3 N–H and O–H groups in total. The third-order valence-corrected chi connectivity index (χ3v) is 11.7. The Kier molecular flexibility index (Phi) is 13.3. The van der Waals surface area contributed by atoms with Gasteiger partial charge in [-0.2, -0.15) is 0 Å². The van der Waals surface area contributed by atoms with Crippen LogP contribution in [0.5, 0.6) is 0 Å². The fourth-order valence-electron chi connectivity index (χ4n) is 8.36. The molecule has 4 heterocycles. The van der Waals surface area contributed by atoms with Crippen molar-refractivity contribution >= 4 is 41.6 Å². The number of likely N-dealkylation sites (tertiary alicyclic amines) is 1. The average Bonchev–Trinajstić information content (AvgIpc) is 4.15. The van der Waals surface area contributed by atoms with Gasteiger partial charge < -0.3 is 44.5 Å². The number of methoxy groups -OCH3 is 3. The number of hydrogen-bond donors (Lipinski definition) is 3. The first-order chi connectivity index (χ1) is 32.0. The van der Waals surface area contributed by atoms with E-state index < -0.39 is 54.2 Å². The summed E-state index contributed by atoms with van der Waals surface area (Å²) < 4.78 is 30.5. The molecule has 17 nitrogen and oxygen atoms in total. The number of benzene rings is 3. The molecule has 2 fully saturated rings. The number of rotatable bonds is 9. The fraction of sp³-hybridized carbons (Fsp3) is 0.292. The Balaban J connectivity index is 0.974. The molecule has 3 aliphatic heterocycles. The van der Waals surface area contributed by atoms with Gasteiger partial charge in [-0.3, -0.25) is 14.6 Å². The summed E-state index contributed by atoms with van der Waals surface area (Å²) in [6, 6.07) is 18.6. The standard InChI is InChI=1S/C48H46FN9O8/c1-64-46(61)54-40(31-11-6-4-7-12-31)44(59)57-22-10-15-38(57)43-51-35-21-19-30(26-36(35)52-43)17-16-29-18-20-33(34(49)25-29)37-27-50-42(53-37)39-28-56(48(63)66-3)23-24-58(39)45(60)41(55-47(62)65-2)32-13-8-5-9-14-32/h4-9,11-14,18-21,25-27,36,38-41H,10,15,22-24,28H2,1-3H3,(H,50,53)(H,54,61)(H,55,62)/t36?,38?,39?,40-,41-/m1/s1.